The monoisotopic (exact) mass is 396 g/mol. The minimum Gasteiger partial charge on any atom is -0.496 e. The Balaban J connectivity index is 1.84. The number of carbonyl (C=O) groups excluding carboxylic acids is 2. The van der Waals surface area contributed by atoms with E-state index in [2.05, 4.69) is 10.6 Å². The zero-order valence-corrected chi connectivity index (χ0v) is 14.9. The number of para-hydroxylation sites is 1. The maximum absolute atomic E-state index is 12.5. The van der Waals surface area contributed by atoms with Crippen molar-refractivity contribution in [2.75, 3.05) is 13.7 Å². The first-order valence-corrected chi connectivity index (χ1v) is 8.25. The molecular weight excluding hydrogens is 377 g/mol. The third kappa shape index (κ3) is 5.71. The quantitative estimate of drug-likeness (QED) is 0.654. The van der Waals surface area contributed by atoms with Gasteiger partial charge in [0.25, 0.3) is 0 Å². The zero-order chi connectivity index (χ0) is 20.7. The predicted molar refractivity (Wildman–Crippen MR) is 94.3 cm³/mol. The number of amides is 2. The summed E-state index contributed by atoms with van der Waals surface area (Å²) in [7, 11) is 1.48. The van der Waals surface area contributed by atoms with Crippen LogP contribution in [0.4, 0.5) is 13.2 Å². The van der Waals surface area contributed by atoms with Gasteiger partial charge in [0, 0.05) is 18.7 Å². The lowest BCUT2D eigenvalue weighted by Crippen LogP contribution is -2.41. The van der Waals surface area contributed by atoms with E-state index in [1.165, 1.54) is 7.11 Å². The summed E-state index contributed by atoms with van der Waals surface area (Å²) >= 11 is 0. The lowest BCUT2D eigenvalue weighted by molar-refractivity contribution is -0.139. The highest BCUT2D eigenvalue weighted by Gasteiger charge is 2.30. The van der Waals surface area contributed by atoms with Crippen LogP contribution in [-0.2, 0) is 22.3 Å². The van der Waals surface area contributed by atoms with Gasteiger partial charge in [0.1, 0.15) is 5.75 Å². The number of rotatable bonds is 6. The van der Waals surface area contributed by atoms with E-state index in [9.17, 15) is 27.9 Å². The van der Waals surface area contributed by atoms with Gasteiger partial charge in [-0.05, 0) is 23.8 Å². The summed E-state index contributed by atoms with van der Waals surface area (Å²) < 4.78 is 42.7. The first-order valence-electron chi connectivity index (χ1n) is 8.25. The average molecular weight is 396 g/mol. The van der Waals surface area contributed by atoms with Crippen LogP contribution in [0.25, 0.3) is 0 Å². The maximum atomic E-state index is 12.5. The van der Waals surface area contributed by atoms with E-state index in [-0.39, 0.29) is 18.7 Å². The van der Waals surface area contributed by atoms with E-state index in [0.717, 1.165) is 24.3 Å². The molecule has 2 aromatic rings. The summed E-state index contributed by atoms with van der Waals surface area (Å²) in [5, 5.41) is 14.6. The van der Waals surface area contributed by atoms with Crippen LogP contribution in [0.2, 0.25) is 0 Å². The molecule has 0 fully saturated rings. The number of hydrogen-bond donors (Lipinski definition) is 3. The fourth-order valence-electron chi connectivity index (χ4n) is 2.39. The molecule has 2 rings (SSSR count). The molecule has 150 valence electrons. The molecule has 0 radical (unpaired) electrons. The molecule has 2 amide bonds. The van der Waals surface area contributed by atoms with Crippen LogP contribution in [-0.4, -0.2) is 30.6 Å². The molecule has 2 aromatic carbocycles. The van der Waals surface area contributed by atoms with Gasteiger partial charge in [0.05, 0.1) is 18.8 Å². The van der Waals surface area contributed by atoms with E-state index in [0.29, 0.717) is 11.3 Å². The molecule has 0 bridgehead atoms. The molecule has 0 saturated carbocycles. The van der Waals surface area contributed by atoms with Crippen LogP contribution in [0.15, 0.2) is 48.5 Å². The van der Waals surface area contributed by atoms with Gasteiger partial charge in [-0.3, -0.25) is 9.59 Å². The summed E-state index contributed by atoms with van der Waals surface area (Å²) in [4.78, 5) is 23.7. The van der Waals surface area contributed by atoms with Gasteiger partial charge < -0.3 is 20.5 Å². The Morgan fingerprint density at radius 1 is 1.04 bits per heavy atom. The number of alkyl halides is 3. The van der Waals surface area contributed by atoms with Gasteiger partial charge >= 0.3 is 18.0 Å². The van der Waals surface area contributed by atoms with E-state index >= 15 is 0 Å². The van der Waals surface area contributed by atoms with Crippen molar-refractivity contribution in [2.24, 2.45) is 0 Å². The van der Waals surface area contributed by atoms with Crippen molar-refractivity contribution in [1.82, 2.24) is 10.6 Å². The van der Waals surface area contributed by atoms with Gasteiger partial charge in [0.15, 0.2) is 0 Å². The van der Waals surface area contributed by atoms with Crippen LogP contribution in [0.3, 0.4) is 0 Å². The Morgan fingerprint density at radius 3 is 2.25 bits per heavy atom. The molecule has 0 aliphatic rings. The van der Waals surface area contributed by atoms with Crippen molar-refractivity contribution in [3.63, 3.8) is 0 Å². The van der Waals surface area contributed by atoms with Crippen LogP contribution < -0.4 is 15.4 Å². The molecule has 28 heavy (non-hydrogen) atoms. The average Bonchev–Trinajstić information content (AvgIpc) is 2.69. The predicted octanol–water partition coefficient (Wildman–Crippen LogP) is 2.18. The highest BCUT2D eigenvalue weighted by Crippen LogP contribution is 2.29. The fraction of sp³-hybridized carbons (Fsp3) is 0.263. The number of carbonyl (C=O) groups is 2. The molecule has 0 saturated heterocycles. The molecule has 9 heteroatoms. The summed E-state index contributed by atoms with van der Waals surface area (Å²) in [6, 6.07) is 10.8. The summed E-state index contributed by atoms with van der Waals surface area (Å²) in [5.74, 6) is -1.33. The minimum atomic E-state index is -4.47. The van der Waals surface area contributed by atoms with Crippen LogP contribution in [0.5, 0.6) is 5.75 Å². The molecule has 0 aromatic heterocycles. The molecule has 3 N–H and O–H groups in total. The SMILES string of the molecule is COc1ccccc1CNC(=O)C(=O)NCC(O)c1ccc(C(F)(F)F)cc1. The topological polar surface area (TPSA) is 87.7 Å². The van der Waals surface area contributed by atoms with Gasteiger partial charge in [0.2, 0.25) is 0 Å². The van der Waals surface area contributed by atoms with Crippen molar-refractivity contribution in [3.8, 4) is 5.75 Å². The van der Waals surface area contributed by atoms with Gasteiger partial charge in [-0.1, -0.05) is 30.3 Å². The molecule has 6 nitrogen and oxygen atoms in total. The van der Waals surface area contributed by atoms with Crippen molar-refractivity contribution >= 4 is 11.8 Å². The number of aliphatic hydroxyl groups excluding tert-OH is 1. The zero-order valence-electron chi connectivity index (χ0n) is 14.9. The van der Waals surface area contributed by atoms with Gasteiger partial charge in [-0.15, -0.1) is 0 Å². The van der Waals surface area contributed by atoms with E-state index in [1.807, 2.05) is 0 Å². The van der Waals surface area contributed by atoms with Gasteiger partial charge in [-0.25, -0.2) is 0 Å². The van der Waals surface area contributed by atoms with Crippen molar-refractivity contribution in [1.29, 1.82) is 0 Å². The van der Waals surface area contributed by atoms with E-state index < -0.39 is 29.7 Å². The third-order valence-corrected chi connectivity index (χ3v) is 3.92. The molecular formula is C19H19F3N2O4. The first-order chi connectivity index (χ1) is 13.2. The number of benzene rings is 2. The second-order valence-electron chi connectivity index (χ2n) is 5.84. The molecule has 0 aliphatic carbocycles. The standard InChI is InChI=1S/C19H19F3N2O4/c1-28-16-5-3-2-4-13(16)10-23-17(26)18(27)24-11-15(25)12-6-8-14(9-7-12)19(20,21)22/h2-9,15,25H,10-11H2,1H3,(H,23,26)(H,24,27). The highest BCUT2D eigenvalue weighted by molar-refractivity contribution is 6.35. The Bertz CT molecular complexity index is 823. The molecule has 1 unspecified atom stereocenters. The minimum absolute atomic E-state index is 0.0672. The summed E-state index contributed by atoms with van der Waals surface area (Å²) in [6.45, 7) is -0.260. The second-order valence-corrected chi connectivity index (χ2v) is 5.84. The number of methoxy groups -OCH3 is 1. The smallest absolute Gasteiger partial charge is 0.416 e. The van der Waals surface area contributed by atoms with Crippen LogP contribution >= 0.6 is 0 Å². The lowest BCUT2D eigenvalue weighted by atomic mass is 10.1. The normalized spacial score (nSPS) is 12.2. The number of halogens is 3. The molecule has 0 spiro atoms. The molecule has 0 aliphatic heterocycles. The Kier molecular flexibility index (Phi) is 7.00. The van der Waals surface area contributed by atoms with Gasteiger partial charge in [-0.2, -0.15) is 13.2 Å². The Hall–Kier alpha value is -3.07. The van der Waals surface area contributed by atoms with Crippen LogP contribution in [0, 0.1) is 0 Å². The highest BCUT2D eigenvalue weighted by atomic mass is 19.4. The fourth-order valence-corrected chi connectivity index (χ4v) is 2.39. The summed E-state index contributed by atoms with van der Waals surface area (Å²) in [5.41, 5.74) is 0.0156. The van der Waals surface area contributed by atoms with E-state index in [4.69, 9.17) is 4.74 Å². The van der Waals surface area contributed by atoms with Crippen molar-refractivity contribution in [3.05, 3.63) is 65.2 Å². The number of ether oxygens (including phenoxy) is 1. The second kappa shape index (κ2) is 9.23. The lowest BCUT2D eigenvalue weighted by Gasteiger charge is -2.14. The number of nitrogens with one attached hydrogen (secondary N) is 2. The Morgan fingerprint density at radius 2 is 1.64 bits per heavy atom. The number of hydrogen-bond acceptors (Lipinski definition) is 4. The third-order valence-electron chi connectivity index (χ3n) is 3.92. The first kappa shape index (κ1) is 21.2. The summed E-state index contributed by atoms with van der Waals surface area (Å²) in [6.07, 6.45) is -5.73. The molecule has 1 atom stereocenters. The maximum Gasteiger partial charge on any atom is 0.416 e. The number of aliphatic hydroxyl groups is 1. The van der Waals surface area contributed by atoms with Crippen LogP contribution in [0.1, 0.15) is 22.8 Å². The largest absolute Gasteiger partial charge is 0.496 e. The molecule has 0 heterocycles. The van der Waals surface area contributed by atoms with Crippen molar-refractivity contribution < 1.29 is 32.6 Å². The van der Waals surface area contributed by atoms with E-state index in [1.54, 1.807) is 24.3 Å². The van der Waals surface area contributed by atoms with Crippen molar-refractivity contribution in [2.45, 2.75) is 18.8 Å². The Labute approximate surface area is 159 Å².